The Morgan fingerprint density at radius 3 is 2.33 bits per heavy atom. The van der Waals surface area contributed by atoms with Crippen molar-refractivity contribution in [2.24, 2.45) is 11.3 Å². The van der Waals surface area contributed by atoms with Crippen LogP contribution in [0.3, 0.4) is 0 Å². The van der Waals surface area contributed by atoms with Gasteiger partial charge in [0.2, 0.25) is 11.8 Å². The molecule has 0 aromatic heterocycles. The van der Waals surface area contributed by atoms with E-state index < -0.39 is 9.84 Å². The molecule has 1 atom stereocenters. The molecule has 0 N–H and O–H groups in total. The fourth-order valence-electron chi connectivity index (χ4n) is 3.90. The standard InChI is InChI=1S/C16H28N2O5S/c1-13(19)18-10-14(11-23-2)16(12-18)5-7-17(8-6-16)15(20)4-9-24(3,21)22/h14H,4-12H2,1-3H3/t14-/m1/s1. The van der Waals surface area contributed by atoms with Gasteiger partial charge in [-0.05, 0) is 18.3 Å². The van der Waals surface area contributed by atoms with Crippen molar-refractivity contribution in [3.8, 4) is 0 Å². The van der Waals surface area contributed by atoms with Gasteiger partial charge in [-0.25, -0.2) is 8.42 Å². The molecule has 2 saturated heterocycles. The zero-order chi connectivity index (χ0) is 18.0. The summed E-state index contributed by atoms with van der Waals surface area (Å²) in [6, 6.07) is 0. The van der Waals surface area contributed by atoms with Crippen LogP contribution in [0.25, 0.3) is 0 Å². The lowest BCUT2D eigenvalue weighted by atomic mass is 9.71. The largest absolute Gasteiger partial charge is 0.384 e. The topological polar surface area (TPSA) is 84.0 Å². The van der Waals surface area contributed by atoms with E-state index in [9.17, 15) is 18.0 Å². The molecule has 0 bridgehead atoms. The second-order valence-corrected chi connectivity index (χ2v) is 9.43. The van der Waals surface area contributed by atoms with E-state index in [0.717, 1.165) is 25.6 Å². The number of carbonyl (C=O) groups excluding carboxylic acids is 2. The van der Waals surface area contributed by atoms with Crippen LogP contribution in [0.15, 0.2) is 0 Å². The average molecular weight is 360 g/mol. The first kappa shape index (κ1) is 19.2. The molecule has 2 fully saturated rings. The lowest BCUT2D eigenvalue weighted by molar-refractivity contribution is -0.134. The van der Waals surface area contributed by atoms with E-state index in [1.807, 2.05) is 4.90 Å². The van der Waals surface area contributed by atoms with Gasteiger partial charge in [0.1, 0.15) is 9.84 Å². The zero-order valence-corrected chi connectivity index (χ0v) is 15.6. The smallest absolute Gasteiger partial charge is 0.223 e. The number of nitrogens with zero attached hydrogens (tertiary/aromatic N) is 2. The maximum atomic E-state index is 12.2. The van der Waals surface area contributed by atoms with Crippen LogP contribution in [0.4, 0.5) is 0 Å². The molecule has 0 unspecified atom stereocenters. The molecule has 138 valence electrons. The molecule has 2 amide bonds. The van der Waals surface area contributed by atoms with Crippen molar-refractivity contribution in [1.29, 1.82) is 0 Å². The van der Waals surface area contributed by atoms with Gasteiger partial charge in [0.25, 0.3) is 0 Å². The van der Waals surface area contributed by atoms with Crippen molar-refractivity contribution in [2.75, 3.05) is 51.9 Å². The quantitative estimate of drug-likeness (QED) is 0.697. The molecule has 2 aliphatic heterocycles. The molecule has 0 saturated carbocycles. The summed E-state index contributed by atoms with van der Waals surface area (Å²) in [6.45, 7) is 4.88. The fourth-order valence-corrected chi connectivity index (χ4v) is 4.45. The first-order valence-corrected chi connectivity index (χ1v) is 10.4. The number of hydrogen-bond donors (Lipinski definition) is 0. The number of sulfone groups is 1. The average Bonchev–Trinajstić information content (AvgIpc) is 2.84. The number of methoxy groups -OCH3 is 1. The van der Waals surface area contributed by atoms with Gasteiger partial charge in [-0.2, -0.15) is 0 Å². The van der Waals surface area contributed by atoms with Crippen LogP contribution < -0.4 is 0 Å². The molecule has 0 radical (unpaired) electrons. The minimum absolute atomic E-state index is 0.00922. The Morgan fingerprint density at radius 2 is 1.83 bits per heavy atom. The molecular formula is C16H28N2O5S. The van der Waals surface area contributed by atoms with Crippen LogP contribution >= 0.6 is 0 Å². The molecule has 0 aliphatic carbocycles. The van der Waals surface area contributed by atoms with Gasteiger partial charge in [0.15, 0.2) is 0 Å². The molecule has 2 heterocycles. The molecule has 7 nitrogen and oxygen atoms in total. The van der Waals surface area contributed by atoms with Gasteiger partial charge in [-0.1, -0.05) is 0 Å². The number of carbonyl (C=O) groups is 2. The summed E-state index contributed by atoms with van der Waals surface area (Å²) < 4.78 is 27.8. The Kier molecular flexibility index (Phi) is 5.91. The summed E-state index contributed by atoms with van der Waals surface area (Å²) in [7, 11) is -1.45. The number of piperidine rings is 1. The van der Waals surface area contributed by atoms with Gasteiger partial charge in [0.05, 0.1) is 12.4 Å². The van der Waals surface area contributed by atoms with Gasteiger partial charge >= 0.3 is 0 Å². The summed E-state index contributed by atoms with van der Waals surface area (Å²) in [5.74, 6) is 0.178. The second kappa shape index (κ2) is 7.39. The maximum Gasteiger partial charge on any atom is 0.223 e. The van der Waals surface area contributed by atoms with Crippen LogP contribution in [0.5, 0.6) is 0 Å². The van der Waals surface area contributed by atoms with Crippen LogP contribution in [-0.4, -0.2) is 81.9 Å². The summed E-state index contributed by atoms with van der Waals surface area (Å²) in [4.78, 5) is 27.6. The monoisotopic (exact) mass is 360 g/mol. The minimum Gasteiger partial charge on any atom is -0.384 e. The number of hydrogen-bond acceptors (Lipinski definition) is 5. The first-order chi connectivity index (χ1) is 11.2. The Bertz CT molecular complexity index is 581. The predicted molar refractivity (Wildman–Crippen MR) is 90.2 cm³/mol. The van der Waals surface area contributed by atoms with Crippen molar-refractivity contribution >= 4 is 21.7 Å². The highest BCUT2D eigenvalue weighted by molar-refractivity contribution is 7.90. The van der Waals surface area contributed by atoms with Crippen molar-refractivity contribution in [1.82, 2.24) is 9.80 Å². The molecule has 0 aromatic carbocycles. The van der Waals surface area contributed by atoms with E-state index in [4.69, 9.17) is 4.74 Å². The van der Waals surface area contributed by atoms with E-state index in [0.29, 0.717) is 32.2 Å². The molecule has 8 heteroatoms. The summed E-state index contributed by atoms with van der Waals surface area (Å²) in [5.41, 5.74) is 0.00922. The zero-order valence-electron chi connectivity index (χ0n) is 14.8. The number of amides is 2. The molecule has 1 spiro atoms. The molecule has 0 aromatic rings. The van der Waals surface area contributed by atoms with E-state index in [2.05, 4.69) is 0 Å². The van der Waals surface area contributed by atoms with E-state index in [1.54, 1.807) is 18.9 Å². The SMILES string of the molecule is COC[C@H]1CN(C(C)=O)CC12CCN(C(=O)CCS(C)(=O)=O)CC2. The van der Waals surface area contributed by atoms with Crippen molar-refractivity contribution in [3.05, 3.63) is 0 Å². The van der Waals surface area contributed by atoms with Gasteiger partial charge in [-0.15, -0.1) is 0 Å². The van der Waals surface area contributed by atoms with Crippen LogP contribution in [-0.2, 0) is 24.2 Å². The van der Waals surface area contributed by atoms with Crippen molar-refractivity contribution in [3.63, 3.8) is 0 Å². The third-order valence-electron chi connectivity index (χ3n) is 5.42. The Hall–Kier alpha value is -1.15. The first-order valence-electron chi connectivity index (χ1n) is 8.37. The molecule has 24 heavy (non-hydrogen) atoms. The fraction of sp³-hybridized carbons (Fsp3) is 0.875. The lowest BCUT2D eigenvalue weighted by Gasteiger charge is -2.42. The normalized spacial score (nSPS) is 23.7. The Morgan fingerprint density at radius 1 is 1.21 bits per heavy atom. The highest BCUT2D eigenvalue weighted by Crippen LogP contribution is 2.44. The van der Waals surface area contributed by atoms with Gasteiger partial charge in [-0.3, -0.25) is 9.59 Å². The molecule has 2 aliphatic rings. The third-order valence-corrected chi connectivity index (χ3v) is 6.37. The highest BCUT2D eigenvalue weighted by atomic mass is 32.2. The van der Waals surface area contributed by atoms with Gasteiger partial charge in [0, 0.05) is 58.8 Å². The van der Waals surface area contributed by atoms with Crippen molar-refractivity contribution in [2.45, 2.75) is 26.2 Å². The Balaban J connectivity index is 1.96. The van der Waals surface area contributed by atoms with Crippen LogP contribution in [0, 0.1) is 11.3 Å². The van der Waals surface area contributed by atoms with Crippen LogP contribution in [0.2, 0.25) is 0 Å². The second-order valence-electron chi connectivity index (χ2n) is 7.17. The van der Waals surface area contributed by atoms with E-state index >= 15 is 0 Å². The third kappa shape index (κ3) is 4.47. The summed E-state index contributed by atoms with van der Waals surface area (Å²) in [6.07, 6.45) is 2.85. The maximum absolute atomic E-state index is 12.2. The highest BCUT2D eigenvalue weighted by Gasteiger charge is 2.49. The molecule has 2 rings (SSSR count). The predicted octanol–water partition coefficient (Wildman–Crippen LogP) is 0.155. The number of likely N-dealkylation sites (tertiary alicyclic amines) is 2. The van der Waals surface area contributed by atoms with Gasteiger partial charge < -0.3 is 14.5 Å². The van der Waals surface area contributed by atoms with E-state index in [1.165, 1.54) is 0 Å². The van der Waals surface area contributed by atoms with E-state index in [-0.39, 0.29) is 29.4 Å². The lowest BCUT2D eigenvalue weighted by Crippen LogP contribution is -2.47. The Labute approximate surface area is 144 Å². The number of rotatable bonds is 5. The summed E-state index contributed by atoms with van der Waals surface area (Å²) >= 11 is 0. The van der Waals surface area contributed by atoms with Crippen molar-refractivity contribution < 1.29 is 22.7 Å². The minimum atomic E-state index is -3.12. The number of ether oxygens (including phenoxy) is 1. The summed E-state index contributed by atoms with van der Waals surface area (Å²) in [5, 5.41) is 0. The van der Waals surface area contributed by atoms with Crippen LogP contribution in [0.1, 0.15) is 26.2 Å². The molecular weight excluding hydrogens is 332 g/mol.